The highest BCUT2D eigenvalue weighted by Gasteiger charge is 2.35. The first-order valence-corrected chi connectivity index (χ1v) is 8.56. The molecule has 4 nitrogen and oxygen atoms in total. The minimum atomic E-state index is 0.0619. The standard InChI is InChI=1S/C18H17N3OS/c1-20-16(12-14(19-20)13-6-3-2-4-7-13)18(22)21-10-9-15(21)17-8-5-11-23-17/h2-8,11-12,15H,9-10H2,1H3/t15-/m1/s1. The van der Waals surface area contributed by atoms with E-state index in [0.29, 0.717) is 5.69 Å². The number of amides is 1. The third kappa shape index (κ3) is 2.47. The normalized spacial score (nSPS) is 17.1. The van der Waals surface area contributed by atoms with Crippen LogP contribution in [-0.4, -0.2) is 27.1 Å². The second-order valence-electron chi connectivity index (χ2n) is 5.72. The summed E-state index contributed by atoms with van der Waals surface area (Å²) in [5, 5.41) is 6.57. The van der Waals surface area contributed by atoms with Crippen LogP contribution >= 0.6 is 11.3 Å². The zero-order valence-corrected chi connectivity index (χ0v) is 13.7. The summed E-state index contributed by atoms with van der Waals surface area (Å²) in [4.78, 5) is 16.1. The number of carbonyl (C=O) groups excluding carboxylic acids is 1. The predicted octanol–water partition coefficient (Wildman–Crippen LogP) is 3.74. The summed E-state index contributed by atoms with van der Waals surface area (Å²) in [6, 6.07) is 16.2. The van der Waals surface area contributed by atoms with Crippen molar-refractivity contribution in [2.75, 3.05) is 6.54 Å². The van der Waals surface area contributed by atoms with Gasteiger partial charge in [-0.05, 0) is 23.9 Å². The van der Waals surface area contributed by atoms with Gasteiger partial charge in [-0.1, -0.05) is 36.4 Å². The number of likely N-dealkylation sites (tertiary alicyclic amines) is 1. The molecule has 1 atom stereocenters. The van der Waals surface area contributed by atoms with Crippen LogP contribution in [0.4, 0.5) is 0 Å². The number of thiophene rings is 1. The van der Waals surface area contributed by atoms with Gasteiger partial charge < -0.3 is 4.90 Å². The van der Waals surface area contributed by atoms with Crippen molar-refractivity contribution < 1.29 is 4.79 Å². The van der Waals surface area contributed by atoms with Gasteiger partial charge in [0.1, 0.15) is 5.69 Å². The molecule has 0 radical (unpaired) electrons. The van der Waals surface area contributed by atoms with Crippen LogP contribution < -0.4 is 0 Å². The van der Waals surface area contributed by atoms with Crippen molar-refractivity contribution in [3.63, 3.8) is 0 Å². The molecule has 1 aromatic carbocycles. The molecule has 0 saturated carbocycles. The molecule has 4 rings (SSSR count). The van der Waals surface area contributed by atoms with Crippen molar-refractivity contribution in [1.29, 1.82) is 0 Å². The van der Waals surface area contributed by atoms with Crippen LogP contribution in [0.1, 0.15) is 27.8 Å². The summed E-state index contributed by atoms with van der Waals surface area (Å²) in [7, 11) is 1.83. The van der Waals surface area contributed by atoms with Gasteiger partial charge in [0.05, 0.1) is 11.7 Å². The van der Waals surface area contributed by atoms with E-state index in [1.807, 2.05) is 54.4 Å². The molecule has 1 fully saturated rings. The minimum Gasteiger partial charge on any atom is -0.329 e. The molecule has 1 aliphatic rings. The number of aromatic nitrogens is 2. The maximum atomic E-state index is 12.9. The van der Waals surface area contributed by atoms with Crippen molar-refractivity contribution in [1.82, 2.24) is 14.7 Å². The Morgan fingerprint density at radius 1 is 1.22 bits per heavy atom. The second-order valence-corrected chi connectivity index (χ2v) is 6.70. The van der Waals surface area contributed by atoms with Gasteiger partial charge in [0, 0.05) is 24.0 Å². The van der Waals surface area contributed by atoms with E-state index in [9.17, 15) is 4.79 Å². The van der Waals surface area contributed by atoms with Gasteiger partial charge in [-0.15, -0.1) is 11.3 Å². The van der Waals surface area contributed by atoms with Crippen molar-refractivity contribution in [3.05, 3.63) is 64.5 Å². The summed E-state index contributed by atoms with van der Waals surface area (Å²) in [5.74, 6) is 0.0619. The Morgan fingerprint density at radius 2 is 2.04 bits per heavy atom. The lowest BCUT2D eigenvalue weighted by Crippen LogP contribution is -2.45. The van der Waals surface area contributed by atoms with Crippen molar-refractivity contribution >= 4 is 17.2 Å². The highest BCUT2D eigenvalue weighted by molar-refractivity contribution is 7.10. The van der Waals surface area contributed by atoms with Gasteiger partial charge in [0.2, 0.25) is 0 Å². The molecule has 2 aromatic heterocycles. The fraction of sp³-hybridized carbons (Fsp3) is 0.222. The lowest BCUT2D eigenvalue weighted by atomic mass is 10.0. The maximum Gasteiger partial charge on any atom is 0.272 e. The molecule has 0 N–H and O–H groups in total. The smallest absolute Gasteiger partial charge is 0.272 e. The van der Waals surface area contributed by atoms with E-state index >= 15 is 0 Å². The number of rotatable bonds is 3. The monoisotopic (exact) mass is 323 g/mol. The van der Waals surface area contributed by atoms with Gasteiger partial charge in [-0.25, -0.2) is 0 Å². The van der Waals surface area contributed by atoms with Crippen molar-refractivity contribution in [2.24, 2.45) is 7.05 Å². The Labute approximate surface area is 139 Å². The molecular weight excluding hydrogens is 306 g/mol. The van der Waals surface area contributed by atoms with Crippen LogP contribution in [0.25, 0.3) is 11.3 Å². The Morgan fingerprint density at radius 3 is 2.70 bits per heavy atom. The van der Waals surface area contributed by atoms with Crippen molar-refractivity contribution in [2.45, 2.75) is 12.5 Å². The molecule has 1 saturated heterocycles. The first kappa shape index (κ1) is 14.2. The second kappa shape index (κ2) is 5.66. The van der Waals surface area contributed by atoms with E-state index in [-0.39, 0.29) is 11.9 Å². The number of benzene rings is 1. The van der Waals surface area contributed by atoms with Crippen LogP contribution in [0.15, 0.2) is 53.9 Å². The van der Waals surface area contributed by atoms with Gasteiger partial charge in [0.15, 0.2) is 0 Å². The largest absolute Gasteiger partial charge is 0.329 e. The Kier molecular flexibility index (Phi) is 3.50. The van der Waals surface area contributed by atoms with E-state index < -0.39 is 0 Å². The number of aryl methyl sites for hydroxylation is 1. The molecule has 23 heavy (non-hydrogen) atoms. The lowest BCUT2D eigenvalue weighted by molar-refractivity contribution is 0.0456. The first-order chi connectivity index (χ1) is 11.2. The average Bonchev–Trinajstić information content (AvgIpc) is 3.17. The summed E-state index contributed by atoms with van der Waals surface area (Å²) in [6.45, 7) is 0.813. The molecule has 0 bridgehead atoms. The fourth-order valence-electron chi connectivity index (χ4n) is 2.97. The topological polar surface area (TPSA) is 38.1 Å². The predicted molar refractivity (Wildman–Crippen MR) is 91.4 cm³/mol. The lowest BCUT2D eigenvalue weighted by Gasteiger charge is -2.40. The average molecular weight is 323 g/mol. The number of carbonyl (C=O) groups is 1. The van der Waals surface area contributed by atoms with E-state index in [1.54, 1.807) is 16.0 Å². The van der Waals surface area contributed by atoms with E-state index in [0.717, 1.165) is 24.2 Å². The molecule has 3 aromatic rings. The zero-order chi connectivity index (χ0) is 15.8. The Balaban J connectivity index is 1.61. The molecular formula is C18H17N3OS. The van der Waals surface area contributed by atoms with Gasteiger partial charge in [-0.3, -0.25) is 9.48 Å². The van der Waals surface area contributed by atoms with Crippen LogP contribution in [0, 0.1) is 0 Å². The molecule has 1 aliphatic heterocycles. The number of nitrogens with zero attached hydrogens (tertiary/aromatic N) is 3. The SMILES string of the molecule is Cn1nc(-c2ccccc2)cc1C(=O)N1CC[C@@H]1c1cccs1. The van der Waals surface area contributed by atoms with Crippen LogP contribution in [-0.2, 0) is 7.05 Å². The number of hydrogen-bond donors (Lipinski definition) is 0. The molecule has 0 aliphatic carbocycles. The Bertz CT molecular complexity index is 823. The van der Waals surface area contributed by atoms with E-state index in [4.69, 9.17) is 0 Å². The van der Waals surface area contributed by atoms with Gasteiger partial charge in [0.25, 0.3) is 5.91 Å². The third-order valence-electron chi connectivity index (χ3n) is 4.32. The summed E-state index contributed by atoms with van der Waals surface area (Å²) in [5.41, 5.74) is 2.51. The number of hydrogen-bond acceptors (Lipinski definition) is 3. The highest BCUT2D eigenvalue weighted by atomic mass is 32.1. The van der Waals surface area contributed by atoms with Gasteiger partial charge >= 0.3 is 0 Å². The molecule has 5 heteroatoms. The Hall–Kier alpha value is -2.40. The third-order valence-corrected chi connectivity index (χ3v) is 5.29. The van der Waals surface area contributed by atoms with Crippen LogP contribution in [0.3, 0.4) is 0 Å². The van der Waals surface area contributed by atoms with Gasteiger partial charge in [-0.2, -0.15) is 5.10 Å². The quantitative estimate of drug-likeness (QED) is 0.736. The summed E-state index contributed by atoms with van der Waals surface area (Å²) in [6.07, 6.45) is 1.04. The molecule has 3 heterocycles. The first-order valence-electron chi connectivity index (χ1n) is 7.68. The highest BCUT2D eigenvalue weighted by Crippen LogP contribution is 2.37. The van der Waals surface area contributed by atoms with E-state index in [1.165, 1.54) is 4.88 Å². The zero-order valence-electron chi connectivity index (χ0n) is 12.8. The van der Waals surface area contributed by atoms with Crippen molar-refractivity contribution in [3.8, 4) is 11.3 Å². The van der Waals surface area contributed by atoms with Crippen LogP contribution in [0.2, 0.25) is 0 Å². The summed E-state index contributed by atoms with van der Waals surface area (Å²) >= 11 is 1.71. The molecule has 0 unspecified atom stereocenters. The van der Waals surface area contributed by atoms with Crippen LogP contribution in [0.5, 0.6) is 0 Å². The fourth-order valence-corrected chi connectivity index (χ4v) is 3.85. The molecule has 0 spiro atoms. The molecule has 1 amide bonds. The molecule has 116 valence electrons. The minimum absolute atomic E-state index is 0.0619. The maximum absolute atomic E-state index is 12.9. The van der Waals surface area contributed by atoms with E-state index in [2.05, 4.69) is 16.5 Å². The summed E-state index contributed by atoms with van der Waals surface area (Å²) < 4.78 is 1.69.